The summed E-state index contributed by atoms with van der Waals surface area (Å²) in [5.74, 6) is -0.0963. The van der Waals surface area contributed by atoms with Gasteiger partial charge in [0.2, 0.25) is 5.91 Å². The fourth-order valence-corrected chi connectivity index (χ4v) is 2.54. The highest BCUT2D eigenvalue weighted by atomic mass is 35.5. The van der Waals surface area contributed by atoms with Crippen LogP contribution in [0, 0.1) is 0 Å². The van der Waals surface area contributed by atoms with E-state index >= 15 is 0 Å². The molecule has 0 unspecified atom stereocenters. The van der Waals surface area contributed by atoms with E-state index in [0.717, 1.165) is 0 Å². The molecule has 27 heavy (non-hydrogen) atoms. The molecule has 3 amide bonds. The lowest BCUT2D eigenvalue weighted by Crippen LogP contribution is -2.26. The van der Waals surface area contributed by atoms with Crippen LogP contribution in [0.25, 0.3) is 5.69 Å². The summed E-state index contributed by atoms with van der Waals surface area (Å²) in [6.07, 6.45) is 6.48. The standard InChI is InChI=1S/C17H18ClN7O2/c1-23(2)16(26)11-24-10-13(9-20-24)22-17(27)21-12-4-5-15(14(18)8-12)25-7-3-6-19-25/h3-10H,11H2,1-2H3,(H2,21,22,27). The van der Waals surface area contributed by atoms with Gasteiger partial charge in [0.05, 0.1) is 22.6 Å². The van der Waals surface area contributed by atoms with E-state index in [1.54, 1.807) is 61.6 Å². The summed E-state index contributed by atoms with van der Waals surface area (Å²) in [5, 5.41) is 14.0. The van der Waals surface area contributed by atoms with Crippen LogP contribution in [0.15, 0.2) is 49.1 Å². The van der Waals surface area contributed by atoms with Gasteiger partial charge in [-0.1, -0.05) is 11.6 Å². The molecule has 0 radical (unpaired) electrons. The van der Waals surface area contributed by atoms with Gasteiger partial charge in [-0.2, -0.15) is 10.2 Å². The number of nitrogens with zero attached hydrogens (tertiary/aromatic N) is 5. The van der Waals surface area contributed by atoms with E-state index in [4.69, 9.17) is 11.6 Å². The zero-order valence-corrected chi connectivity index (χ0v) is 15.5. The fourth-order valence-electron chi connectivity index (χ4n) is 2.27. The van der Waals surface area contributed by atoms with Crippen molar-refractivity contribution in [3.8, 4) is 5.69 Å². The molecule has 0 saturated heterocycles. The summed E-state index contributed by atoms with van der Waals surface area (Å²) in [6, 6.07) is 6.47. The van der Waals surface area contributed by atoms with Crippen LogP contribution in [0.3, 0.4) is 0 Å². The second-order valence-corrected chi connectivity index (χ2v) is 6.32. The number of carbonyl (C=O) groups excluding carboxylic acids is 2. The number of aromatic nitrogens is 4. The zero-order valence-electron chi connectivity index (χ0n) is 14.8. The number of benzene rings is 1. The number of carbonyl (C=O) groups is 2. The van der Waals surface area contributed by atoms with Crippen molar-refractivity contribution in [2.24, 2.45) is 0 Å². The minimum atomic E-state index is -0.448. The third kappa shape index (κ3) is 4.64. The summed E-state index contributed by atoms with van der Waals surface area (Å²) >= 11 is 6.26. The Hall–Kier alpha value is -3.33. The molecule has 9 nitrogen and oxygen atoms in total. The van der Waals surface area contributed by atoms with Crippen molar-refractivity contribution in [3.63, 3.8) is 0 Å². The van der Waals surface area contributed by atoms with Gasteiger partial charge in [-0.15, -0.1) is 0 Å². The smallest absolute Gasteiger partial charge is 0.323 e. The van der Waals surface area contributed by atoms with Crippen LogP contribution in [0.5, 0.6) is 0 Å². The van der Waals surface area contributed by atoms with E-state index in [0.29, 0.717) is 22.1 Å². The molecule has 1 aromatic carbocycles. The van der Waals surface area contributed by atoms with E-state index in [2.05, 4.69) is 20.8 Å². The number of halogens is 1. The summed E-state index contributed by atoms with van der Waals surface area (Å²) in [7, 11) is 3.34. The third-order valence-corrected chi connectivity index (χ3v) is 3.95. The molecule has 3 aromatic rings. The predicted octanol–water partition coefficient (Wildman–Crippen LogP) is 2.45. The van der Waals surface area contributed by atoms with Gasteiger partial charge < -0.3 is 15.5 Å². The maximum absolute atomic E-state index is 12.2. The molecule has 2 N–H and O–H groups in total. The largest absolute Gasteiger partial charge is 0.347 e. The van der Waals surface area contributed by atoms with Gasteiger partial charge in [0.25, 0.3) is 0 Å². The monoisotopic (exact) mass is 387 g/mol. The lowest BCUT2D eigenvalue weighted by Gasteiger charge is -2.10. The van der Waals surface area contributed by atoms with Crippen LogP contribution in [0.2, 0.25) is 5.02 Å². The van der Waals surface area contributed by atoms with Gasteiger partial charge in [-0.3, -0.25) is 9.48 Å². The number of hydrogen-bond acceptors (Lipinski definition) is 4. The molecule has 140 valence electrons. The Morgan fingerprint density at radius 1 is 1.19 bits per heavy atom. The lowest BCUT2D eigenvalue weighted by atomic mass is 10.3. The van der Waals surface area contributed by atoms with Crippen molar-refractivity contribution >= 4 is 34.9 Å². The van der Waals surface area contributed by atoms with Crippen molar-refractivity contribution < 1.29 is 9.59 Å². The molecule has 0 aliphatic carbocycles. The Bertz CT molecular complexity index is 950. The number of nitrogens with one attached hydrogen (secondary N) is 2. The van der Waals surface area contributed by atoms with Gasteiger partial charge in [0.1, 0.15) is 6.54 Å². The molecule has 0 saturated carbocycles. The Morgan fingerprint density at radius 3 is 2.63 bits per heavy atom. The van der Waals surface area contributed by atoms with E-state index in [-0.39, 0.29) is 12.5 Å². The summed E-state index contributed by atoms with van der Waals surface area (Å²) in [5.41, 5.74) is 1.71. The van der Waals surface area contributed by atoms with Crippen LogP contribution < -0.4 is 10.6 Å². The zero-order chi connectivity index (χ0) is 19.4. The van der Waals surface area contributed by atoms with Crippen LogP contribution in [-0.2, 0) is 11.3 Å². The minimum absolute atomic E-state index is 0.0963. The molecule has 0 bridgehead atoms. The van der Waals surface area contributed by atoms with Crippen LogP contribution in [0.1, 0.15) is 0 Å². The van der Waals surface area contributed by atoms with E-state index < -0.39 is 6.03 Å². The molecule has 0 atom stereocenters. The first-order valence-corrected chi connectivity index (χ1v) is 8.40. The van der Waals surface area contributed by atoms with Crippen LogP contribution in [-0.4, -0.2) is 50.5 Å². The topological polar surface area (TPSA) is 97.1 Å². The van der Waals surface area contributed by atoms with Gasteiger partial charge in [0.15, 0.2) is 0 Å². The maximum atomic E-state index is 12.2. The summed E-state index contributed by atoms with van der Waals surface area (Å²) < 4.78 is 3.09. The van der Waals surface area contributed by atoms with Gasteiger partial charge in [-0.05, 0) is 24.3 Å². The van der Waals surface area contributed by atoms with Crippen molar-refractivity contribution in [1.29, 1.82) is 0 Å². The molecule has 0 spiro atoms. The first kappa shape index (κ1) is 18.5. The van der Waals surface area contributed by atoms with Gasteiger partial charge in [0, 0.05) is 38.4 Å². The number of hydrogen-bond donors (Lipinski definition) is 2. The molecule has 3 rings (SSSR count). The van der Waals surface area contributed by atoms with E-state index in [9.17, 15) is 9.59 Å². The van der Waals surface area contributed by atoms with Crippen LogP contribution >= 0.6 is 11.6 Å². The quantitative estimate of drug-likeness (QED) is 0.702. The maximum Gasteiger partial charge on any atom is 0.323 e. The van der Waals surface area contributed by atoms with Gasteiger partial charge in [-0.25, -0.2) is 9.48 Å². The SMILES string of the molecule is CN(C)C(=O)Cn1cc(NC(=O)Nc2ccc(-n3cccn3)c(Cl)c2)cn1. The summed E-state index contributed by atoms with van der Waals surface area (Å²) in [6.45, 7) is 0.0980. The second kappa shape index (κ2) is 7.92. The number of anilines is 2. The first-order valence-electron chi connectivity index (χ1n) is 8.02. The Morgan fingerprint density at radius 2 is 1.96 bits per heavy atom. The normalized spacial score (nSPS) is 10.5. The third-order valence-electron chi connectivity index (χ3n) is 3.64. The van der Waals surface area contributed by atoms with Crippen molar-refractivity contribution in [2.75, 3.05) is 24.7 Å². The number of likely N-dealkylation sites (N-methyl/N-ethyl adjacent to an activating group) is 1. The highest BCUT2D eigenvalue weighted by Gasteiger charge is 2.10. The van der Waals surface area contributed by atoms with Crippen LogP contribution in [0.4, 0.5) is 16.2 Å². The number of urea groups is 1. The fraction of sp³-hybridized carbons (Fsp3) is 0.176. The molecule has 10 heteroatoms. The lowest BCUT2D eigenvalue weighted by molar-refractivity contribution is -0.129. The Balaban J connectivity index is 1.60. The molecule has 0 aliphatic heterocycles. The molecule has 2 aromatic heterocycles. The molecular formula is C17H18ClN7O2. The average molecular weight is 388 g/mol. The highest BCUT2D eigenvalue weighted by Crippen LogP contribution is 2.24. The molecule has 0 aliphatic rings. The first-order chi connectivity index (χ1) is 12.9. The van der Waals surface area contributed by atoms with Crippen molar-refractivity contribution in [2.45, 2.75) is 6.54 Å². The van der Waals surface area contributed by atoms with Crippen molar-refractivity contribution in [3.05, 3.63) is 54.1 Å². The number of rotatable bonds is 5. The predicted molar refractivity (Wildman–Crippen MR) is 102 cm³/mol. The molecule has 0 fully saturated rings. The second-order valence-electron chi connectivity index (χ2n) is 5.91. The number of amides is 3. The molecule has 2 heterocycles. The minimum Gasteiger partial charge on any atom is -0.347 e. The van der Waals surface area contributed by atoms with Crippen molar-refractivity contribution in [1.82, 2.24) is 24.5 Å². The highest BCUT2D eigenvalue weighted by molar-refractivity contribution is 6.32. The van der Waals surface area contributed by atoms with Gasteiger partial charge >= 0.3 is 6.03 Å². The van der Waals surface area contributed by atoms with E-state index in [1.165, 1.54) is 15.8 Å². The summed E-state index contributed by atoms with van der Waals surface area (Å²) in [4.78, 5) is 25.3. The Labute approximate surface area is 160 Å². The van der Waals surface area contributed by atoms with E-state index in [1.807, 2.05) is 0 Å². The average Bonchev–Trinajstić information content (AvgIpc) is 3.27. The molecular weight excluding hydrogens is 370 g/mol. The Kier molecular flexibility index (Phi) is 5.41.